The smallest absolute Gasteiger partial charge is 0.333 e. The van der Waals surface area contributed by atoms with E-state index in [0.717, 1.165) is 4.90 Å². The van der Waals surface area contributed by atoms with Crippen LogP contribution in [0.2, 0.25) is 0 Å². The van der Waals surface area contributed by atoms with Crippen molar-refractivity contribution in [2.24, 2.45) is 0 Å². The summed E-state index contributed by atoms with van der Waals surface area (Å²) >= 11 is 1.53. The van der Waals surface area contributed by atoms with Crippen LogP contribution in [0.25, 0.3) is 0 Å². The third-order valence-corrected chi connectivity index (χ3v) is 3.62. The van der Waals surface area contributed by atoms with E-state index >= 15 is 0 Å². The molecule has 102 valence electrons. The van der Waals surface area contributed by atoms with Crippen LogP contribution in [-0.2, 0) is 14.3 Å². The van der Waals surface area contributed by atoms with Gasteiger partial charge >= 0.3 is 5.97 Å². The predicted molar refractivity (Wildman–Crippen MR) is 77.2 cm³/mol. The maximum absolute atomic E-state index is 11.7. The lowest BCUT2D eigenvalue weighted by Crippen LogP contribution is -2.05. The fourth-order valence-electron chi connectivity index (χ4n) is 1.50. The second-order valence-corrected chi connectivity index (χ2v) is 5.14. The number of ether oxygens (including phenoxy) is 1. The normalized spacial score (nSPS) is 9.95. The number of hydrogen-bond acceptors (Lipinski definition) is 4. The highest BCUT2D eigenvalue weighted by Gasteiger charge is 2.08. The van der Waals surface area contributed by atoms with Gasteiger partial charge < -0.3 is 4.74 Å². The molecule has 0 amide bonds. The number of hydrogen-bond donors (Lipinski definition) is 0. The quantitative estimate of drug-likeness (QED) is 0.416. The van der Waals surface area contributed by atoms with Crippen LogP contribution in [0.5, 0.6) is 0 Å². The van der Waals surface area contributed by atoms with Crippen molar-refractivity contribution in [3.05, 3.63) is 42.5 Å². The van der Waals surface area contributed by atoms with Crippen LogP contribution < -0.4 is 0 Å². The minimum atomic E-state index is -0.397. The van der Waals surface area contributed by atoms with Crippen molar-refractivity contribution < 1.29 is 14.3 Å². The third-order valence-electron chi connectivity index (χ3n) is 2.55. The minimum Gasteiger partial charge on any atom is -0.466 e. The van der Waals surface area contributed by atoms with E-state index in [9.17, 15) is 9.59 Å². The highest BCUT2D eigenvalue weighted by atomic mass is 32.2. The van der Waals surface area contributed by atoms with Crippen molar-refractivity contribution in [3.63, 3.8) is 0 Å². The molecule has 0 unspecified atom stereocenters. The van der Waals surface area contributed by atoms with Crippen LogP contribution >= 0.6 is 11.8 Å². The van der Waals surface area contributed by atoms with E-state index in [1.807, 2.05) is 30.3 Å². The van der Waals surface area contributed by atoms with Crippen molar-refractivity contribution in [1.82, 2.24) is 0 Å². The first-order chi connectivity index (χ1) is 9.13. The van der Waals surface area contributed by atoms with Crippen LogP contribution in [0.4, 0.5) is 0 Å². The van der Waals surface area contributed by atoms with Gasteiger partial charge in [-0.05, 0) is 25.0 Å². The zero-order chi connectivity index (χ0) is 14.1. The topological polar surface area (TPSA) is 43.4 Å². The molecule has 0 atom stereocenters. The summed E-state index contributed by atoms with van der Waals surface area (Å²) in [5.41, 5.74) is 0.422. The number of thioether (sulfide) groups is 1. The maximum Gasteiger partial charge on any atom is 0.333 e. The molecule has 1 rings (SSSR count). The van der Waals surface area contributed by atoms with Gasteiger partial charge in [0.2, 0.25) is 0 Å². The van der Waals surface area contributed by atoms with Gasteiger partial charge in [-0.25, -0.2) is 4.79 Å². The summed E-state index contributed by atoms with van der Waals surface area (Å²) in [6.07, 6.45) is 1.62. The summed E-state index contributed by atoms with van der Waals surface area (Å²) in [6.45, 7) is 3.62. The highest BCUT2D eigenvalue weighted by molar-refractivity contribution is 8.00. The zero-order valence-corrected chi connectivity index (χ0v) is 11.9. The summed E-state index contributed by atoms with van der Waals surface area (Å²) in [6, 6.07) is 9.82. The van der Waals surface area contributed by atoms with Gasteiger partial charge in [-0.15, -0.1) is 11.8 Å². The molecule has 0 aliphatic carbocycles. The van der Waals surface area contributed by atoms with Gasteiger partial charge in [0.1, 0.15) is 5.78 Å². The highest BCUT2D eigenvalue weighted by Crippen LogP contribution is 2.18. The molecule has 3 nitrogen and oxygen atoms in total. The van der Waals surface area contributed by atoms with Gasteiger partial charge in [-0.2, -0.15) is 0 Å². The van der Waals surface area contributed by atoms with Gasteiger partial charge in [-0.1, -0.05) is 24.8 Å². The van der Waals surface area contributed by atoms with Crippen molar-refractivity contribution in [2.75, 3.05) is 12.9 Å². The first kappa shape index (κ1) is 15.5. The maximum atomic E-state index is 11.7. The van der Waals surface area contributed by atoms with Crippen LogP contribution in [-0.4, -0.2) is 24.6 Å². The molecule has 0 bridgehead atoms. The minimum absolute atomic E-state index is 0.187. The van der Waals surface area contributed by atoms with Crippen molar-refractivity contribution in [1.29, 1.82) is 0 Å². The lowest BCUT2D eigenvalue weighted by Gasteiger charge is -2.03. The number of benzene rings is 1. The number of esters is 1. The Kier molecular flexibility index (Phi) is 6.97. The second kappa shape index (κ2) is 8.53. The fraction of sp³-hybridized carbons (Fsp3) is 0.333. The Labute approximate surface area is 118 Å². The summed E-state index contributed by atoms with van der Waals surface area (Å²) in [5, 5.41) is 0. The lowest BCUT2D eigenvalue weighted by molar-refractivity contribution is -0.136. The van der Waals surface area contributed by atoms with Crippen LogP contribution in [0.3, 0.4) is 0 Å². The number of carbonyl (C=O) groups is 2. The SMILES string of the molecule is C=C(CCCC(=O)CSc1ccccc1)C(=O)OC. The molecule has 0 fully saturated rings. The van der Waals surface area contributed by atoms with E-state index in [0.29, 0.717) is 30.6 Å². The Morgan fingerprint density at radius 3 is 2.53 bits per heavy atom. The Bertz CT molecular complexity index is 440. The number of methoxy groups -OCH3 is 1. The monoisotopic (exact) mass is 278 g/mol. The molecule has 0 aliphatic heterocycles. The average molecular weight is 278 g/mol. The number of carbonyl (C=O) groups excluding carboxylic acids is 2. The number of ketones is 1. The molecule has 0 spiro atoms. The number of Topliss-reactive ketones (excluding diaryl/α,β-unsaturated/α-hetero) is 1. The first-order valence-electron chi connectivity index (χ1n) is 6.09. The van der Waals surface area contributed by atoms with E-state index in [1.165, 1.54) is 18.9 Å². The molecule has 1 aromatic rings. The fourth-order valence-corrected chi connectivity index (χ4v) is 2.32. The van der Waals surface area contributed by atoms with E-state index < -0.39 is 5.97 Å². The summed E-state index contributed by atoms with van der Waals surface area (Å²) < 4.78 is 4.55. The molecule has 0 saturated heterocycles. The molecule has 1 aromatic carbocycles. The van der Waals surface area contributed by atoms with Crippen molar-refractivity contribution in [2.45, 2.75) is 24.2 Å². The largest absolute Gasteiger partial charge is 0.466 e. The summed E-state index contributed by atoms with van der Waals surface area (Å²) in [4.78, 5) is 23.9. The van der Waals surface area contributed by atoms with Gasteiger partial charge in [0.25, 0.3) is 0 Å². The molecule has 0 saturated carbocycles. The Hall–Kier alpha value is -1.55. The molecular weight excluding hydrogens is 260 g/mol. The standard InChI is InChI=1S/C15H18O3S/c1-12(15(17)18-2)7-6-8-13(16)11-19-14-9-4-3-5-10-14/h3-5,9-10H,1,6-8,11H2,2H3. The van der Waals surface area contributed by atoms with Crippen molar-refractivity contribution in [3.8, 4) is 0 Å². The van der Waals surface area contributed by atoms with Gasteiger partial charge in [0, 0.05) is 16.9 Å². The molecule has 0 aromatic heterocycles. The van der Waals surface area contributed by atoms with Gasteiger partial charge in [0.05, 0.1) is 12.9 Å². The molecule has 0 radical (unpaired) electrons. The molecule has 0 N–H and O–H groups in total. The van der Waals surface area contributed by atoms with Crippen LogP contribution in [0.1, 0.15) is 19.3 Å². The second-order valence-electron chi connectivity index (χ2n) is 4.09. The Balaban J connectivity index is 2.18. The number of rotatable bonds is 8. The molecule has 4 heteroatoms. The summed E-state index contributed by atoms with van der Waals surface area (Å²) in [7, 11) is 1.33. The van der Waals surface area contributed by atoms with E-state index in [4.69, 9.17) is 0 Å². The first-order valence-corrected chi connectivity index (χ1v) is 7.07. The van der Waals surface area contributed by atoms with E-state index in [1.54, 1.807) is 0 Å². The Morgan fingerprint density at radius 2 is 1.89 bits per heavy atom. The third kappa shape index (κ3) is 6.25. The summed E-state index contributed by atoms with van der Waals surface area (Å²) in [5.74, 6) is 0.256. The average Bonchev–Trinajstić information content (AvgIpc) is 2.45. The molecule has 0 aliphatic rings. The van der Waals surface area contributed by atoms with E-state index in [-0.39, 0.29) is 5.78 Å². The predicted octanol–water partition coefficient (Wildman–Crippen LogP) is 3.25. The van der Waals surface area contributed by atoms with Gasteiger partial charge in [-0.3, -0.25) is 4.79 Å². The van der Waals surface area contributed by atoms with Crippen LogP contribution in [0.15, 0.2) is 47.4 Å². The van der Waals surface area contributed by atoms with Crippen LogP contribution in [0, 0.1) is 0 Å². The van der Waals surface area contributed by atoms with Gasteiger partial charge in [0.15, 0.2) is 0 Å². The zero-order valence-electron chi connectivity index (χ0n) is 11.1. The Morgan fingerprint density at radius 1 is 1.21 bits per heavy atom. The van der Waals surface area contributed by atoms with E-state index in [2.05, 4.69) is 11.3 Å². The lowest BCUT2D eigenvalue weighted by atomic mass is 10.1. The molecule has 0 heterocycles. The molecular formula is C15H18O3S. The van der Waals surface area contributed by atoms with Crippen molar-refractivity contribution >= 4 is 23.5 Å². The molecule has 19 heavy (non-hydrogen) atoms.